The number of hydrogen-bond acceptors (Lipinski definition) is 6. The van der Waals surface area contributed by atoms with Gasteiger partial charge in [-0.05, 0) is 20.8 Å². The first-order chi connectivity index (χ1) is 9.00. The number of aliphatic imine (C=N–C) groups is 1. The van der Waals surface area contributed by atoms with E-state index in [2.05, 4.69) is 9.73 Å². The molecule has 0 spiro atoms. The van der Waals surface area contributed by atoms with Gasteiger partial charge in [0.25, 0.3) is 0 Å². The average Bonchev–Trinajstić information content (AvgIpc) is 2.31. The zero-order valence-electron chi connectivity index (χ0n) is 12.8. The van der Waals surface area contributed by atoms with Crippen LogP contribution in [0.3, 0.4) is 0 Å². The van der Waals surface area contributed by atoms with Crippen molar-refractivity contribution in [3.8, 4) is 0 Å². The predicted molar refractivity (Wildman–Crippen MR) is 75.7 cm³/mol. The maximum atomic E-state index is 11.8. The van der Waals surface area contributed by atoms with Crippen molar-refractivity contribution >= 4 is 25.1 Å². The highest BCUT2D eigenvalue weighted by Gasteiger charge is 2.22. The number of amides is 1. The van der Waals surface area contributed by atoms with Crippen LogP contribution < -0.4 is 0 Å². The van der Waals surface area contributed by atoms with Crippen molar-refractivity contribution in [1.82, 2.24) is 0 Å². The topological polar surface area (TPSA) is 91.3 Å². The highest BCUT2D eigenvalue weighted by atomic mass is 31.2. The lowest BCUT2D eigenvalue weighted by molar-refractivity contribution is -0.132. The molecule has 116 valence electrons. The Hall–Kier alpha value is -1.20. The first-order valence-electron chi connectivity index (χ1n) is 6.02. The van der Waals surface area contributed by atoms with Gasteiger partial charge in [-0.2, -0.15) is 4.99 Å². The number of esters is 1. The molecule has 0 aliphatic carbocycles. The molecule has 0 heterocycles. The Morgan fingerprint density at radius 3 is 2.15 bits per heavy atom. The Morgan fingerprint density at radius 2 is 1.75 bits per heavy atom. The summed E-state index contributed by atoms with van der Waals surface area (Å²) >= 11 is 0. The maximum Gasteiger partial charge on any atom is 0.434 e. The molecular weight excluding hydrogens is 285 g/mol. The molecule has 8 heteroatoms. The van der Waals surface area contributed by atoms with E-state index in [-0.39, 0.29) is 18.3 Å². The molecule has 1 amide bonds. The van der Waals surface area contributed by atoms with Crippen molar-refractivity contribution in [3.63, 3.8) is 0 Å². The molecule has 0 saturated heterocycles. The third kappa shape index (κ3) is 8.07. The Bertz CT molecular complexity index is 438. The standard InChI is InChI=1S/C12H22NO6P/c1-12(2,3)19-11(15)13-9(10(14)17-4)7-8-20(6,16)18-5/h7-8H2,1-6H3. The molecule has 0 aromatic carbocycles. The van der Waals surface area contributed by atoms with Gasteiger partial charge < -0.3 is 14.0 Å². The fourth-order valence-electron chi connectivity index (χ4n) is 1.12. The van der Waals surface area contributed by atoms with Crippen LogP contribution in [0, 0.1) is 0 Å². The average molecular weight is 307 g/mol. The van der Waals surface area contributed by atoms with Gasteiger partial charge in [0.05, 0.1) is 7.11 Å². The molecule has 1 atom stereocenters. The molecule has 0 radical (unpaired) electrons. The first kappa shape index (κ1) is 18.8. The van der Waals surface area contributed by atoms with E-state index >= 15 is 0 Å². The van der Waals surface area contributed by atoms with Crippen LogP contribution in [0.2, 0.25) is 0 Å². The van der Waals surface area contributed by atoms with Crippen LogP contribution in [0.4, 0.5) is 4.79 Å². The fourth-order valence-corrected chi connectivity index (χ4v) is 1.92. The lowest BCUT2D eigenvalue weighted by Crippen LogP contribution is -2.25. The van der Waals surface area contributed by atoms with E-state index in [0.29, 0.717) is 0 Å². The number of carbonyl (C=O) groups excluding carboxylic acids is 2. The van der Waals surface area contributed by atoms with Gasteiger partial charge in [0.1, 0.15) is 11.3 Å². The van der Waals surface area contributed by atoms with Crippen molar-refractivity contribution in [1.29, 1.82) is 0 Å². The number of hydrogen-bond donors (Lipinski definition) is 0. The van der Waals surface area contributed by atoms with Gasteiger partial charge in [0.2, 0.25) is 0 Å². The first-order valence-corrected chi connectivity index (χ1v) is 8.27. The molecule has 0 saturated carbocycles. The van der Waals surface area contributed by atoms with Gasteiger partial charge in [-0.15, -0.1) is 0 Å². The van der Waals surface area contributed by atoms with E-state index in [1.165, 1.54) is 20.9 Å². The van der Waals surface area contributed by atoms with E-state index in [4.69, 9.17) is 9.26 Å². The minimum absolute atomic E-state index is 0.00747. The van der Waals surface area contributed by atoms with Crippen LogP contribution in [0.5, 0.6) is 0 Å². The van der Waals surface area contributed by atoms with Crippen molar-refractivity contribution in [2.45, 2.75) is 32.8 Å². The van der Waals surface area contributed by atoms with Crippen LogP contribution in [0.25, 0.3) is 0 Å². The Morgan fingerprint density at radius 1 is 1.20 bits per heavy atom. The van der Waals surface area contributed by atoms with E-state index in [0.717, 1.165) is 0 Å². The monoisotopic (exact) mass is 307 g/mol. The van der Waals surface area contributed by atoms with E-state index in [1.807, 2.05) is 0 Å². The summed E-state index contributed by atoms with van der Waals surface area (Å²) < 4.78 is 26.1. The number of rotatable bonds is 5. The number of ether oxygens (including phenoxy) is 2. The van der Waals surface area contributed by atoms with E-state index < -0.39 is 25.0 Å². The minimum atomic E-state index is -2.80. The predicted octanol–water partition coefficient (Wildman–Crippen LogP) is 2.48. The van der Waals surface area contributed by atoms with Gasteiger partial charge >= 0.3 is 12.1 Å². The number of carbonyl (C=O) groups is 2. The van der Waals surface area contributed by atoms with Crippen LogP contribution in [-0.4, -0.2) is 50.4 Å². The molecule has 0 fully saturated rings. The zero-order valence-corrected chi connectivity index (χ0v) is 13.7. The molecule has 0 aliphatic heterocycles. The molecule has 20 heavy (non-hydrogen) atoms. The van der Waals surface area contributed by atoms with Crippen LogP contribution >= 0.6 is 7.37 Å². The number of methoxy groups -OCH3 is 1. The third-order valence-corrected chi connectivity index (χ3v) is 3.99. The van der Waals surface area contributed by atoms with E-state index in [1.54, 1.807) is 20.8 Å². The lowest BCUT2D eigenvalue weighted by Gasteiger charge is -2.17. The van der Waals surface area contributed by atoms with Crippen LogP contribution in [0.15, 0.2) is 4.99 Å². The molecule has 0 rings (SSSR count). The lowest BCUT2D eigenvalue weighted by atomic mass is 10.2. The summed E-state index contributed by atoms with van der Waals surface area (Å²) in [5.74, 6) is -0.757. The molecule has 0 aromatic heterocycles. The van der Waals surface area contributed by atoms with Gasteiger partial charge in [0.15, 0.2) is 7.37 Å². The molecule has 7 nitrogen and oxygen atoms in total. The van der Waals surface area contributed by atoms with E-state index in [9.17, 15) is 14.2 Å². The van der Waals surface area contributed by atoms with Crippen LogP contribution in [-0.2, 0) is 23.4 Å². The normalized spacial score (nSPS) is 15.4. The minimum Gasteiger partial charge on any atom is -0.465 e. The highest BCUT2D eigenvalue weighted by Crippen LogP contribution is 2.41. The molecule has 1 unspecified atom stereocenters. The summed E-state index contributed by atoms with van der Waals surface area (Å²) in [5, 5.41) is 0. The highest BCUT2D eigenvalue weighted by molar-refractivity contribution is 7.58. The summed E-state index contributed by atoms with van der Waals surface area (Å²) in [6, 6.07) is 0. The maximum absolute atomic E-state index is 11.8. The molecule has 0 aromatic rings. The van der Waals surface area contributed by atoms with Crippen LogP contribution in [0.1, 0.15) is 27.2 Å². The summed E-state index contributed by atoms with van der Waals surface area (Å²) in [6.07, 6.45) is -0.797. The van der Waals surface area contributed by atoms with Gasteiger partial charge in [-0.1, -0.05) is 0 Å². The van der Waals surface area contributed by atoms with Gasteiger partial charge in [-0.3, -0.25) is 4.57 Å². The smallest absolute Gasteiger partial charge is 0.434 e. The molecule has 0 bridgehead atoms. The molecule has 0 N–H and O–H groups in total. The molecular formula is C12H22NO6P. The Balaban J connectivity index is 4.94. The zero-order chi connectivity index (χ0) is 16.0. The summed E-state index contributed by atoms with van der Waals surface area (Å²) in [5.41, 5.74) is -0.852. The Kier molecular flexibility index (Phi) is 7.09. The fraction of sp³-hybridized carbons (Fsp3) is 0.750. The second kappa shape index (κ2) is 7.55. The summed E-state index contributed by atoms with van der Waals surface area (Å²) in [4.78, 5) is 26.7. The summed E-state index contributed by atoms with van der Waals surface area (Å²) in [7, 11) is -0.304. The molecule has 0 aliphatic rings. The quantitative estimate of drug-likeness (QED) is 0.440. The van der Waals surface area contributed by atoms with Gasteiger partial charge in [0, 0.05) is 26.4 Å². The van der Waals surface area contributed by atoms with Crippen molar-refractivity contribution in [2.24, 2.45) is 4.99 Å². The van der Waals surface area contributed by atoms with Crippen molar-refractivity contribution in [2.75, 3.05) is 27.0 Å². The van der Waals surface area contributed by atoms with Crippen molar-refractivity contribution in [3.05, 3.63) is 0 Å². The number of nitrogens with zero attached hydrogens (tertiary/aromatic N) is 1. The second-order valence-electron chi connectivity index (χ2n) is 5.20. The SMILES string of the molecule is COC(=O)C(CCP(C)(=O)OC)=NC(=O)OC(C)(C)C. The Labute approximate surface area is 119 Å². The van der Waals surface area contributed by atoms with Gasteiger partial charge in [-0.25, -0.2) is 9.59 Å². The second-order valence-corrected chi connectivity index (χ2v) is 8.04. The largest absolute Gasteiger partial charge is 0.465 e. The summed E-state index contributed by atoms with van der Waals surface area (Å²) in [6.45, 7) is 6.49. The third-order valence-electron chi connectivity index (χ3n) is 2.18. The van der Waals surface area contributed by atoms with Crippen molar-refractivity contribution < 1.29 is 28.2 Å².